The Morgan fingerprint density at radius 2 is 1.98 bits per heavy atom. The van der Waals surface area contributed by atoms with Crippen LogP contribution in [-0.2, 0) is 30.5 Å². The Kier molecular flexibility index (Phi) is 8.93. The molecule has 228 valence electrons. The van der Waals surface area contributed by atoms with Crippen LogP contribution in [0.25, 0.3) is 21.3 Å². The average Bonchev–Trinajstić information content (AvgIpc) is 3.34. The van der Waals surface area contributed by atoms with Crippen molar-refractivity contribution in [1.82, 2.24) is 24.2 Å². The van der Waals surface area contributed by atoms with Gasteiger partial charge in [-0.25, -0.2) is 9.19 Å². The predicted molar refractivity (Wildman–Crippen MR) is 160 cm³/mol. The molecule has 0 spiro atoms. The van der Waals surface area contributed by atoms with Crippen LogP contribution in [0.2, 0.25) is 5.02 Å². The summed E-state index contributed by atoms with van der Waals surface area (Å²) >= 11 is 7.67. The van der Waals surface area contributed by atoms with Crippen molar-refractivity contribution in [2.75, 3.05) is 26.0 Å². The molecule has 0 saturated carbocycles. The van der Waals surface area contributed by atoms with E-state index in [0.717, 1.165) is 5.56 Å². The molecule has 0 saturated heterocycles. The molecule has 5 rings (SSSR count). The number of aryl methyl sites for hydroxylation is 2. The maximum Gasteiger partial charge on any atom is 0.401 e. The van der Waals surface area contributed by atoms with E-state index in [1.165, 1.54) is 27.1 Å². The quantitative estimate of drug-likeness (QED) is 0.291. The molecule has 0 radical (unpaired) electrons. The number of benzene rings is 1. The van der Waals surface area contributed by atoms with Gasteiger partial charge in [-0.1, -0.05) is 11.6 Å². The zero-order valence-corrected chi connectivity index (χ0v) is 25.8. The summed E-state index contributed by atoms with van der Waals surface area (Å²) in [6, 6.07) is 6.96. The summed E-state index contributed by atoms with van der Waals surface area (Å²) in [6.07, 6.45) is -2.72. The fourth-order valence-electron chi connectivity index (χ4n) is 5.11. The summed E-state index contributed by atoms with van der Waals surface area (Å²) in [5.74, 6) is 0.426. The summed E-state index contributed by atoms with van der Waals surface area (Å²) in [6.45, 7) is 2.64. The van der Waals surface area contributed by atoms with Crippen molar-refractivity contribution < 1.29 is 26.9 Å². The monoisotopic (exact) mass is 653 g/mol. The minimum Gasteiger partial charge on any atom is -0.491 e. The highest BCUT2D eigenvalue weighted by Crippen LogP contribution is 2.40. The molecular formula is C28H27ClF3N5O4S2. The van der Waals surface area contributed by atoms with E-state index in [0.29, 0.717) is 49.3 Å². The summed E-state index contributed by atoms with van der Waals surface area (Å²) in [4.78, 5) is 36.2. The van der Waals surface area contributed by atoms with Crippen LogP contribution in [0.3, 0.4) is 0 Å². The van der Waals surface area contributed by atoms with E-state index >= 15 is 0 Å². The van der Waals surface area contributed by atoms with Gasteiger partial charge in [-0.3, -0.25) is 28.8 Å². The summed E-state index contributed by atoms with van der Waals surface area (Å²) < 4.78 is 61.1. The minimum absolute atomic E-state index is 0.0652. The van der Waals surface area contributed by atoms with Crippen molar-refractivity contribution in [2.45, 2.75) is 39.5 Å². The number of hydrogen-bond donors (Lipinski definition) is 1. The predicted octanol–water partition coefficient (Wildman–Crippen LogP) is 4.81. The first-order valence-electron chi connectivity index (χ1n) is 13.1. The number of nitrogens with zero attached hydrogens (tertiary/aromatic N) is 4. The smallest absolute Gasteiger partial charge is 0.401 e. The molecule has 1 aliphatic rings. The highest BCUT2D eigenvalue weighted by molar-refractivity contribution is 7.82. The standard InChI is InChI=1S/C28H27ClF3N5O4S2/c1-15-10-19(25-24(33-15)21(13-42-25)26(38)35-43(3)40)18-11-17(29)4-5-23(18)41-9-8-37-16(2)34-22-6-7-36(14-28(30,31)32)12-20(22)27(37)39/h4-5,10-11,13H,6-9,12,14H2,1-3H3,(H,35,38). The van der Waals surface area contributed by atoms with Gasteiger partial charge in [-0.05, 0) is 38.1 Å². The number of rotatable bonds is 8. The fraction of sp³-hybridized carbons (Fsp3) is 0.357. The molecule has 1 N–H and O–H groups in total. The third-order valence-corrected chi connectivity index (χ3v) is 8.64. The second-order valence-electron chi connectivity index (χ2n) is 10.1. The highest BCUT2D eigenvalue weighted by atomic mass is 35.5. The van der Waals surface area contributed by atoms with Crippen LogP contribution < -0.4 is 15.0 Å². The molecule has 15 heteroatoms. The number of hydrogen-bond acceptors (Lipinski definition) is 8. The molecule has 1 aromatic carbocycles. The van der Waals surface area contributed by atoms with Crippen LogP contribution in [-0.4, -0.2) is 61.7 Å². The first kappa shape index (κ1) is 31.1. The van der Waals surface area contributed by atoms with E-state index in [4.69, 9.17) is 16.3 Å². The number of carbonyl (C=O) groups excluding carboxylic acids is 1. The zero-order chi connectivity index (χ0) is 31.1. The second-order valence-corrected chi connectivity index (χ2v) is 12.6. The molecule has 4 aromatic rings. The molecule has 1 atom stereocenters. The van der Waals surface area contributed by atoms with Crippen molar-refractivity contribution in [2.24, 2.45) is 0 Å². The van der Waals surface area contributed by atoms with Gasteiger partial charge < -0.3 is 4.74 Å². The van der Waals surface area contributed by atoms with Crippen molar-refractivity contribution in [3.05, 3.63) is 73.4 Å². The molecular weight excluding hydrogens is 627 g/mol. The fourth-order valence-corrected chi connectivity index (χ4v) is 6.67. The van der Waals surface area contributed by atoms with Gasteiger partial charge in [-0.2, -0.15) is 13.2 Å². The third-order valence-electron chi connectivity index (χ3n) is 6.92. The number of fused-ring (bicyclic) bond motifs is 2. The lowest BCUT2D eigenvalue weighted by Crippen LogP contribution is -2.42. The van der Waals surface area contributed by atoms with Crippen LogP contribution in [0.4, 0.5) is 13.2 Å². The van der Waals surface area contributed by atoms with E-state index in [9.17, 15) is 27.0 Å². The number of amides is 1. The van der Waals surface area contributed by atoms with Gasteiger partial charge in [0, 0.05) is 53.0 Å². The Bertz CT molecular complexity index is 1810. The Balaban J connectivity index is 1.42. The Hall–Kier alpha value is -3.33. The van der Waals surface area contributed by atoms with Crippen LogP contribution in [0, 0.1) is 13.8 Å². The number of pyridine rings is 1. The molecule has 0 fully saturated rings. The minimum atomic E-state index is -4.36. The number of nitrogens with one attached hydrogen (secondary N) is 1. The molecule has 9 nitrogen and oxygen atoms in total. The molecule has 0 bridgehead atoms. The lowest BCUT2D eigenvalue weighted by molar-refractivity contribution is -0.147. The van der Waals surface area contributed by atoms with Gasteiger partial charge in [0.1, 0.15) is 29.2 Å². The SMILES string of the molecule is Cc1cc(-c2cc(Cl)ccc2OCCn2c(C)nc3c(c2=O)CN(CC(F)(F)F)CC3)c2scc(C(=O)NS(C)=O)c2n1. The number of aromatic nitrogens is 3. The maximum atomic E-state index is 13.3. The topological polar surface area (TPSA) is 106 Å². The first-order valence-corrected chi connectivity index (χ1v) is 16.0. The van der Waals surface area contributed by atoms with Gasteiger partial charge in [0.2, 0.25) is 0 Å². The Morgan fingerprint density at radius 3 is 2.70 bits per heavy atom. The number of alkyl halides is 3. The molecule has 43 heavy (non-hydrogen) atoms. The molecule has 3 aromatic heterocycles. The normalized spacial score (nSPS) is 14.5. The second kappa shape index (κ2) is 12.3. The molecule has 1 unspecified atom stereocenters. The summed E-state index contributed by atoms with van der Waals surface area (Å²) in [5.41, 5.74) is 3.20. The van der Waals surface area contributed by atoms with Crippen LogP contribution in [0.1, 0.15) is 33.1 Å². The maximum absolute atomic E-state index is 13.3. The van der Waals surface area contributed by atoms with Crippen molar-refractivity contribution >= 4 is 50.0 Å². The lowest BCUT2D eigenvalue weighted by atomic mass is 10.0. The van der Waals surface area contributed by atoms with Crippen molar-refractivity contribution in [3.8, 4) is 16.9 Å². The first-order chi connectivity index (χ1) is 20.3. The van der Waals surface area contributed by atoms with E-state index in [1.807, 2.05) is 6.07 Å². The number of carbonyl (C=O) groups is 1. The Morgan fingerprint density at radius 1 is 1.21 bits per heavy atom. The van der Waals surface area contributed by atoms with Gasteiger partial charge in [0.25, 0.3) is 11.5 Å². The van der Waals surface area contributed by atoms with E-state index in [1.54, 1.807) is 37.4 Å². The lowest BCUT2D eigenvalue weighted by Gasteiger charge is -2.29. The molecule has 4 heterocycles. The highest BCUT2D eigenvalue weighted by Gasteiger charge is 2.33. The van der Waals surface area contributed by atoms with Gasteiger partial charge in [0.15, 0.2) is 0 Å². The van der Waals surface area contributed by atoms with Crippen LogP contribution >= 0.6 is 22.9 Å². The Labute approximate surface area is 256 Å². The van der Waals surface area contributed by atoms with Crippen LogP contribution in [0.5, 0.6) is 5.75 Å². The number of halogens is 4. The van der Waals surface area contributed by atoms with Crippen LogP contribution in [0.15, 0.2) is 34.4 Å². The number of thiophene rings is 1. The van der Waals surface area contributed by atoms with E-state index < -0.39 is 29.6 Å². The summed E-state index contributed by atoms with van der Waals surface area (Å²) in [5, 5.41) is 2.11. The van der Waals surface area contributed by atoms with Crippen molar-refractivity contribution in [3.63, 3.8) is 0 Å². The average molecular weight is 654 g/mol. The molecule has 0 aliphatic carbocycles. The van der Waals surface area contributed by atoms with Crippen molar-refractivity contribution in [1.29, 1.82) is 0 Å². The van der Waals surface area contributed by atoms with E-state index in [2.05, 4.69) is 14.7 Å². The molecule has 1 aliphatic heterocycles. The van der Waals surface area contributed by atoms with Gasteiger partial charge >= 0.3 is 6.18 Å². The number of ether oxygens (including phenoxy) is 1. The summed E-state index contributed by atoms with van der Waals surface area (Å²) in [7, 11) is -1.54. The molecule has 1 amide bonds. The zero-order valence-electron chi connectivity index (χ0n) is 23.4. The van der Waals surface area contributed by atoms with Gasteiger partial charge in [-0.15, -0.1) is 11.3 Å². The third kappa shape index (κ3) is 6.92. The largest absolute Gasteiger partial charge is 0.491 e. The van der Waals surface area contributed by atoms with E-state index in [-0.39, 0.29) is 43.8 Å². The van der Waals surface area contributed by atoms with Gasteiger partial charge in [0.05, 0.1) is 40.1 Å².